The van der Waals surface area contributed by atoms with Crippen molar-refractivity contribution < 1.29 is 28.5 Å². The Morgan fingerprint density at radius 2 is 1.48 bits per heavy atom. The number of hydrogen-bond donors (Lipinski definition) is 2. The lowest BCUT2D eigenvalue weighted by molar-refractivity contribution is -0.118. The van der Waals surface area contributed by atoms with Crippen molar-refractivity contribution in [1.29, 1.82) is 0 Å². The van der Waals surface area contributed by atoms with Gasteiger partial charge in [0.15, 0.2) is 18.1 Å². The van der Waals surface area contributed by atoms with Crippen LogP contribution in [0.2, 0.25) is 0 Å². The summed E-state index contributed by atoms with van der Waals surface area (Å²) in [5, 5.41) is 5.61. The lowest BCUT2D eigenvalue weighted by atomic mass is 10.1. The predicted octanol–water partition coefficient (Wildman–Crippen LogP) is 4.29. The van der Waals surface area contributed by atoms with Gasteiger partial charge in [-0.3, -0.25) is 9.59 Å². The van der Waals surface area contributed by atoms with Crippen LogP contribution in [0.1, 0.15) is 15.9 Å². The third-order valence-electron chi connectivity index (χ3n) is 4.82. The highest BCUT2D eigenvalue weighted by atomic mass is 16.5. The fourth-order valence-electron chi connectivity index (χ4n) is 3.06. The van der Waals surface area contributed by atoms with E-state index in [-0.39, 0.29) is 18.4 Å². The molecule has 0 saturated carbocycles. The highest BCUT2D eigenvalue weighted by molar-refractivity contribution is 6.05. The largest absolute Gasteiger partial charge is 0.497 e. The van der Waals surface area contributed by atoms with E-state index in [2.05, 4.69) is 10.6 Å². The summed E-state index contributed by atoms with van der Waals surface area (Å²) < 4.78 is 21.2. The maximum Gasteiger partial charge on any atom is 0.262 e. The van der Waals surface area contributed by atoms with Crippen LogP contribution in [0.5, 0.6) is 23.0 Å². The molecule has 172 valence electrons. The molecular weight excluding hydrogens is 424 g/mol. The minimum absolute atomic E-state index is 0.173. The maximum atomic E-state index is 12.7. The molecule has 0 aliphatic carbocycles. The van der Waals surface area contributed by atoms with Crippen molar-refractivity contribution >= 4 is 23.2 Å². The molecule has 0 fully saturated rings. The summed E-state index contributed by atoms with van der Waals surface area (Å²) in [6, 6.07) is 17.1. The van der Waals surface area contributed by atoms with Crippen LogP contribution in [0.15, 0.2) is 60.7 Å². The SMILES string of the molecule is COc1cccc(NC(=O)COc2ccc(C(=O)Nc3cc(OC)c(OC)cc3C)cc2)c1. The van der Waals surface area contributed by atoms with Crippen molar-refractivity contribution in [2.45, 2.75) is 6.92 Å². The molecule has 3 aromatic carbocycles. The average molecular weight is 450 g/mol. The number of amides is 2. The van der Waals surface area contributed by atoms with E-state index >= 15 is 0 Å². The summed E-state index contributed by atoms with van der Waals surface area (Å²) in [5.41, 5.74) is 2.51. The molecule has 0 atom stereocenters. The fourth-order valence-corrected chi connectivity index (χ4v) is 3.06. The highest BCUT2D eigenvalue weighted by Crippen LogP contribution is 2.33. The van der Waals surface area contributed by atoms with Crippen LogP contribution >= 0.6 is 0 Å². The molecule has 0 aromatic heterocycles. The summed E-state index contributed by atoms with van der Waals surface area (Å²) in [5.74, 6) is 1.63. The van der Waals surface area contributed by atoms with E-state index in [0.29, 0.717) is 39.9 Å². The molecule has 0 spiro atoms. The van der Waals surface area contributed by atoms with Gasteiger partial charge in [0, 0.05) is 29.1 Å². The third-order valence-corrected chi connectivity index (χ3v) is 4.82. The van der Waals surface area contributed by atoms with Crippen LogP contribution in [0, 0.1) is 6.92 Å². The number of hydrogen-bond acceptors (Lipinski definition) is 6. The summed E-state index contributed by atoms with van der Waals surface area (Å²) in [4.78, 5) is 24.8. The van der Waals surface area contributed by atoms with E-state index in [9.17, 15) is 9.59 Å². The zero-order chi connectivity index (χ0) is 23.8. The smallest absolute Gasteiger partial charge is 0.262 e. The van der Waals surface area contributed by atoms with Crippen molar-refractivity contribution in [1.82, 2.24) is 0 Å². The molecule has 2 N–H and O–H groups in total. The van der Waals surface area contributed by atoms with Crippen LogP contribution in [0.25, 0.3) is 0 Å². The van der Waals surface area contributed by atoms with Gasteiger partial charge >= 0.3 is 0 Å². The minimum atomic E-state index is -0.311. The second-order valence-electron chi connectivity index (χ2n) is 7.07. The number of ether oxygens (including phenoxy) is 4. The first kappa shape index (κ1) is 23.5. The normalized spacial score (nSPS) is 10.2. The molecule has 0 saturated heterocycles. The Morgan fingerprint density at radius 1 is 0.788 bits per heavy atom. The molecule has 3 rings (SSSR count). The van der Waals surface area contributed by atoms with Gasteiger partial charge in [-0.05, 0) is 55.0 Å². The lowest BCUT2D eigenvalue weighted by Crippen LogP contribution is -2.20. The monoisotopic (exact) mass is 450 g/mol. The van der Waals surface area contributed by atoms with Gasteiger partial charge in [-0.1, -0.05) is 6.07 Å². The first-order valence-electron chi connectivity index (χ1n) is 10.1. The Morgan fingerprint density at radius 3 is 2.15 bits per heavy atom. The minimum Gasteiger partial charge on any atom is -0.497 e. The molecule has 0 heterocycles. The topological polar surface area (TPSA) is 95.1 Å². The van der Waals surface area contributed by atoms with Crippen LogP contribution < -0.4 is 29.6 Å². The van der Waals surface area contributed by atoms with E-state index in [1.54, 1.807) is 74.9 Å². The maximum absolute atomic E-state index is 12.7. The second-order valence-corrected chi connectivity index (χ2v) is 7.07. The van der Waals surface area contributed by atoms with Crippen LogP contribution in [0.4, 0.5) is 11.4 Å². The summed E-state index contributed by atoms with van der Waals surface area (Å²) >= 11 is 0. The Balaban J connectivity index is 1.57. The van der Waals surface area contributed by atoms with Gasteiger partial charge in [0.2, 0.25) is 0 Å². The van der Waals surface area contributed by atoms with Gasteiger partial charge in [-0.15, -0.1) is 0 Å². The zero-order valence-electron chi connectivity index (χ0n) is 18.9. The molecule has 8 heteroatoms. The van der Waals surface area contributed by atoms with Crippen LogP contribution in [0.3, 0.4) is 0 Å². The first-order chi connectivity index (χ1) is 15.9. The van der Waals surface area contributed by atoms with Gasteiger partial charge in [-0.25, -0.2) is 0 Å². The van der Waals surface area contributed by atoms with Crippen molar-refractivity contribution in [3.05, 3.63) is 71.8 Å². The fraction of sp³-hybridized carbons (Fsp3) is 0.200. The number of nitrogens with one attached hydrogen (secondary N) is 2. The van der Waals surface area contributed by atoms with E-state index in [1.165, 1.54) is 7.11 Å². The first-order valence-corrected chi connectivity index (χ1v) is 10.1. The Kier molecular flexibility index (Phi) is 7.75. The van der Waals surface area contributed by atoms with Gasteiger partial charge in [0.05, 0.1) is 21.3 Å². The predicted molar refractivity (Wildman–Crippen MR) is 126 cm³/mol. The van der Waals surface area contributed by atoms with Crippen LogP contribution in [-0.4, -0.2) is 39.8 Å². The van der Waals surface area contributed by atoms with E-state index in [4.69, 9.17) is 18.9 Å². The number of carbonyl (C=O) groups excluding carboxylic acids is 2. The molecule has 33 heavy (non-hydrogen) atoms. The second kappa shape index (κ2) is 10.9. The molecule has 0 aliphatic rings. The number of methoxy groups -OCH3 is 3. The van der Waals surface area contributed by atoms with E-state index in [1.807, 2.05) is 6.92 Å². The molecule has 2 amide bonds. The summed E-state index contributed by atoms with van der Waals surface area (Å²) in [6.07, 6.45) is 0. The quantitative estimate of drug-likeness (QED) is 0.505. The molecule has 0 bridgehead atoms. The zero-order valence-corrected chi connectivity index (χ0v) is 18.9. The van der Waals surface area contributed by atoms with Gasteiger partial charge in [0.1, 0.15) is 11.5 Å². The van der Waals surface area contributed by atoms with Crippen molar-refractivity contribution in [3.63, 3.8) is 0 Å². The summed E-state index contributed by atoms with van der Waals surface area (Å²) in [6.45, 7) is 1.69. The Hall–Kier alpha value is -4.20. The van der Waals surface area contributed by atoms with E-state index in [0.717, 1.165) is 5.56 Å². The molecular formula is C25H26N2O6. The van der Waals surface area contributed by atoms with Crippen molar-refractivity contribution in [2.24, 2.45) is 0 Å². The van der Waals surface area contributed by atoms with Crippen LogP contribution in [-0.2, 0) is 4.79 Å². The van der Waals surface area contributed by atoms with E-state index < -0.39 is 0 Å². The van der Waals surface area contributed by atoms with Gasteiger partial charge in [0.25, 0.3) is 11.8 Å². The lowest BCUT2D eigenvalue weighted by Gasteiger charge is -2.14. The molecule has 0 radical (unpaired) electrons. The average Bonchev–Trinajstić information content (AvgIpc) is 2.84. The third kappa shape index (κ3) is 6.16. The number of carbonyl (C=O) groups is 2. The summed E-state index contributed by atoms with van der Waals surface area (Å²) in [7, 11) is 4.65. The number of benzene rings is 3. The Bertz CT molecular complexity index is 1130. The van der Waals surface area contributed by atoms with Crippen molar-refractivity contribution in [3.8, 4) is 23.0 Å². The molecule has 0 unspecified atom stereocenters. The molecule has 0 aliphatic heterocycles. The van der Waals surface area contributed by atoms with Gasteiger partial charge in [-0.2, -0.15) is 0 Å². The molecule has 8 nitrogen and oxygen atoms in total. The number of rotatable bonds is 9. The number of aryl methyl sites for hydroxylation is 1. The molecule has 3 aromatic rings. The Labute approximate surface area is 192 Å². The standard InChI is InChI=1S/C25H26N2O6/c1-16-12-22(31-3)23(32-4)14-21(16)27-25(29)17-8-10-19(11-9-17)33-15-24(28)26-18-6-5-7-20(13-18)30-2/h5-14H,15H2,1-4H3,(H,26,28)(H,27,29). The number of anilines is 2. The highest BCUT2D eigenvalue weighted by Gasteiger charge is 2.13. The van der Waals surface area contributed by atoms with Gasteiger partial charge < -0.3 is 29.6 Å². The van der Waals surface area contributed by atoms with Crippen molar-refractivity contribution in [2.75, 3.05) is 38.6 Å².